The van der Waals surface area contributed by atoms with Crippen molar-refractivity contribution >= 4 is 24.3 Å². The molecular formula is C25H29ClN4O2. The Hall–Kier alpha value is -2.88. The van der Waals surface area contributed by atoms with Crippen LogP contribution in [0.2, 0.25) is 0 Å². The van der Waals surface area contributed by atoms with E-state index in [9.17, 15) is 9.59 Å². The van der Waals surface area contributed by atoms with E-state index < -0.39 is 11.1 Å². The maximum Gasteiger partial charge on any atom is 0.325 e. The largest absolute Gasteiger partial charge is 0.325 e. The number of benzene rings is 2. The standard InChI is InChI=1S/C25H28N4O2.ClH/c1-24(20-10-5-3-6-11-20)22(30)29(23(31)27-24)17-9-16-28-18-14-25(26-2,15-19-28)21-12-7-4-8-13-21;/h3-8,10-13H,9,14-19H2,1H3,(H,27,31);1H. The quantitative estimate of drug-likeness (QED) is 0.528. The highest BCUT2D eigenvalue weighted by molar-refractivity contribution is 6.07. The number of amides is 3. The minimum atomic E-state index is -1.01. The molecule has 7 heteroatoms. The molecule has 2 heterocycles. The van der Waals surface area contributed by atoms with Gasteiger partial charge < -0.3 is 15.1 Å². The molecule has 32 heavy (non-hydrogen) atoms. The number of nitrogens with zero attached hydrogens (tertiary/aromatic N) is 3. The average molecular weight is 453 g/mol. The third kappa shape index (κ3) is 4.36. The minimum absolute atomic E-state index is 0. The molecule has 2 aromatic rings. The molecule has 0 aromatic heterocycles. The smallest absolute Gasteiger partial charge is 0.319 e. The van der Waals surface area contributed by atoms with Crippen molar-refractivity contribution in [3.63, 3.8) is 0 Å². The first-order chi connectivity index (χ1) is 15.0. The molecule has 168 valence electrons. The summed E-state index contributed by atoms with van der Waals surface area (Å²) in [5.41, 5.74) is 0.460. The Kier molecular flexibility index (Phi) is 7.22. The van der Waals surface area contributed by atoms with Gasteiger partial charge in [-0.25, -0.2) is 11.4 Å². The molecule has 0 saturated carbocycles. The monoisotopic (exact) mass is 452 g/mol. The van der Waals surface area contributed by atoms with Crippen LogP contribution in [0.5, 0.6) is 0 Å². The van der Waals surface area contributed by atoms with Gasteiger partial charge in [0.15, 0.2) is 0 Å². The summed E-state index contributed by atoms with van der Waals surface area (Å²) in [6.45, 7) is 12.4. The second-order valence-electron chi connectivity index (χ2n) is 8.58. The Morgan fingerprint density at radius 3 is 2.06 bits per heavy atom. The van der Waals surface area contributed by atoms with Gasteiger partial charge in [0, 0.05) is 38.0 Å². The number of imide groups is 1. The number of hydrogen-bond donors (Lipinski definition) is 1. The summed E-state index contributed by atoms with van der Waals surface area (Å²) in [5.74, 6) is -0.196. The summed E-state index contributed by atoms with van der Waals surface area (Å²) in [6.07, 6.45) is 2.33. The van der Waals surface area contributed by atoms with Crippen molar-refractivity contribution in [1.82, 2.24) is 15.1 Å². The summed E-state index contributed by atoms with van der Waals surface area (Å²) >= 11 is 0. The van der Waals surface area contributed by atoms with Crippen molar-refractivity contribution in [2.75, 3.05) is 26.2 Å². The van der Waals surface area contributed by atoms with Gasteiger partial charge in [0.2, 0.25) is 0 Å². The molecule has 0 spiro atoms. The number of urea groups is 1. The fourth-order valence-electron chi connectivity index (χ4n) is 4.68. The Morgan fingerprint density at radius 1 is 0.938 bits per heavy atom. The molecule has 1 atom stereocenters. The molecule has 2 saturated heterocycles. The van der Waals surface area contributed by atoms with E-state index in [2.05, 4.69) is 27.2 Å². The van der Waals surface area contributed by atoms with Crippen LogP contribution in [0.25, 0.3) is 4.85 Å². The first-order valence-electron chi connectivity index (χ1n) is 10.8. The molecule has 3 amide bonds. The number of carbonyl (C=O) groups is 2. The van der Waals surface area contributed by atoms with Crippen LogP contribution in [0.3, 0.4) is 0 Å². The molecule has 0 bridgehead atoms. The molecule has 2 aliphatic heterocycles. The zero-order valence-electron chi connectivity index (χ0n) is 18.3. The molecular weight excluding hydrogens is 424 g/mol. The SMILES string of the molecule is Cl.[C-]#[N+]C1(c2ccccc2)CCN(CCCN2C(=O)NC(C)(c3ccccc3)C2=O)CC1. The molecule has 6 nitrogen and oxygen atoms in total. The Labute approximate surface area is 195 Å². The molecule has 1 unspecified atom stereocenters. The van der Waals surface area contributed by atoms with Gasteiger partial charge in [-0.15, -0.1) is 12.4 Å². The predicted molar refractivity (Wildman–Crippen MR) is 126 cm³/mol. The Bertz CT molecular complexity index is 984. The van der Waals surface area contributed by atoms with Crippen LogP contribution >= 0.6 is 12.4 Å². The van der Waals surface area contributed by atoms with Crippen molar-refractivity contribution in [3.8, 4) is 0 Å². The number of likely N-dealkylation sites (tertiary alicyclic amines) is 1. The van der Waals surface area contributed by atoms with Crippen molar-refractivity contribution < 1.29 is 9.59 Å². The first-order valence-corrected chi connectivity index (χ1v) is 10.8. The molecule has 1 N–H and O–H groups in total. The van der Waals surface area contributed by atoms with Gasteiger partial charge in [0.25, 0.3) is 11.4 Å². The van der Waals surface area contributed by atoms with Crippen LogP contribution in [0.1, 0.15) is 37.3 Å². The highest BCUT2D eigenvalue weighted by Crippen LogP contribution is 2.37. The lowest BCUT2D eigenvalue weighted by atomic mass is 9.81. The van der Waals surface area contributed by atoms with Crippen LogP contribution < -0.4 is 5.32 Å². The Morgan fingerprint density at radius 2 is 1.50 bits per heavy atom. The molecule has 2 fully saturated rings. The van der Waals surface area contributed by atoms with Crippen molar-refractivity contribution in [3.05, 3.63) is 83.2 Å². The van der Waals surface area contributed by atoms with Crippen LogP contribution in [0.4, 0.5) is 4.79 Å². The van der Waals surface area contributed by atoms with Crippen molar-refractivity contribution in [1.29, 1.82) is 0 Å². The number of rotatable bonds is 6. The summed E-state index contributed by atoms with van der Waals surface area (Å²) in [4.78, 5) is 33.2. The first kappa shape index (κ1) is 23.8. The summed E-state index contributed by atoms with van der Waals surface area (Å²) in [6, 6.07) is 19.1. The zero-order valence-corrected chi connectivity index (χ0v) is 19.1. The number of nitrogens with one attached hydrogen (secondary N) is 1. The number of hydrogen-bond acceptors (Lipinski definition) is 3. The van der Waals surface area contributed by atoms with E-state index in [0.29, 0.717) is 6.54 Å². The van der Waals surface area contributed by atoms with E-state index in [1.807, 2.05) is 48.5 Å². The third-order valence-electron chi connectivity index (χ3n) is 6.69. The summed E-state index contributed by atoms with van der Waals surface area (Å²) in [5, 5.41) is 2.86. The molecule has 2 aromatic carbocycles. The molecule has 2 aliphatic rings. The van der Waals surface area contributed by atoms with Gasteiger partial charge in [0.05, 0.1) is 0 Å². The number of halogens is 1. The molecule has 4 rings (SSSR count). The van der Waals surface area contributed by atoms with Crippen LogP contribution in [-0.4, -0.2) is 47.9 Å². The minimum Gasteiger partial charge on any atom is -0.319 e. The second-order valence-corrected chi connectivity index (χ2v) is 8.58. The number of piperidine rings is 1. The molecule has 0 radical (unpaired) electrons. The zero-order chi connectivity index (χ0) is 21.9. The highest BCUT2D eigenvalue weighted by Gasteiger charge is 2.48. The fourth-order valence-corrected chi connectivity index (χ4v) is 4.68. The van der Waals surface area contributed by atoms with Gasteiger partial charge in [-0.05, 0) is 25.5 Å². The van der Waals surface area contributed by atoms with Crippen LogP contribution in [0.15, 0.2) is 60.7 Å². The average Bonchev–Trinajstić information content (AvgIpc) is 3.04. The summed E-state index contributed by atoms with van der Waals surface area (Å²) in [7, 11) is 0. The lowest BCUT2D eigenvalue weighted by molar-refractivity contribution is -0.131. The lowest BCUT2D eigenvalue weighted by Crippen LogP contribution is -2.42. The fraction of sp³-hybridized carbons (Fsp3) is 0.400. The van der Waals surface area contributed by atoms with E-state index in [1.54, 1.807) is 6.92 Å². The molecule has 0 aliphatic carbocycles. The predicted octanol–water partition coefficient (Wildman–Crippen LogP) is 4.18. The van der Waals surface area contributed by atoms with Gasteiger partial charge in [-0.2, -0.15) is 0 Å². The van der Waals surface area contributed by atoms with Crippen LogP contribution in [0, 0.1) is 6.57 Å². The van der Waals surface area contributed by atoms with E-state index in [0.717, 1.165) is 50.0 Å². The summed E-state index contributed by atoms with van der Waals surface area (Å²) < 4.78 is 0. The Balaban J connectivity index is 0.00000289. The van der Waals surface area contributed by atoms with Gasteiger partial charge in [0.1, 0.15) is 5.54 Å². The van der Waals surface area contributed by atoms with E-state index in [-0.39, 0.29) is 24.3 Å². The van der Waals surface area contributed by atoms with E-state index in [1.165, 1.54) is 4.90 Å². The van der Waals surface area contributed by atoms with E-state index in [4.69, 9.17) is 6.57 Å². The maximum atomic E-state index is 13.0. The van der Waals surface area contributed by atoms with E-state index >= 15 is 0 Å². The van der Waals surface area contributed by atoms with Gasteiger partial charge in [-0.1, -0.05) is 60.7 Å². The normalized spacial score (nSPS) is 22.7. The van der Waals surface area contributed by atoms with Crippen molar-refractivity contribution in [2.45, 2.75) is 37.3 Å². The third-order valence-corrected chi connectivity index (χ3v) is 6.69. The second kappa shape index (κ2) is 9.72. The number of carbonyl (C=O) groups excluding carboxylic acids is 2. The topological polar surface area (TPSA) is 57.0 Å². The van der Waals surface area contributed by atoms with Crippen LogP contribution in [-0.2, 0) is 15.9 Å². The van der Waals surface area contributed by atoms with Gasteiger partial charge in [-0.3, -0.25) is 9.69 Å². The van der Waals surface area contributed by atoms with Gasteiger partial charge >= 0.3 is 6.03 Å². The maximum absolute atomic E-state index is 13.0. The van der Waals surface area contributed by atoms with Crippen molar-refractivity contribution in [2.24, 2.45) is 0 Å². The lowest BCUT2D eigenvalue weighted by Gasteiger charge is -2.34. The highest BCUT2D eigenvalue weighted by atomic mass is 35.5.